The molecule has 0 saturated carbocycles. The van der Waals surface area contributed by atoms with Crippen molar-refractivity contribution < 1.29 is 13.2 Å². The Kier molecular flexibility index (Phi) is 5.78. The van der Waals surface area contributed by atoms with Crippen molar-refractivity contribution in [2.24, 2.45) is 17.0 Å². The molecular weight excluding hydrogens is 314 g/mol. The third-order valence-electron chi connectivity index (χ3n) is 4.43. The topological polar surface area (TPSA) is 101 Å². The maximum atomic E-state index is 12.2. The predicted octanol–water partition coefficient (Wildman–Crippen LogP) is 1.61. The fourth-order valence-corrected chi connectivity index (χ4v) is 3.83. The number of hydrogen-bond acceptors (Lipinski definition) is 4. The first-order chi connectivity index (χ1) is 10.8. The van der Waals surface area contributed by atoms with Crippen LogP contribution in [0.3, 0.4) is 0 Å². The van der Waals surface area contributed by atoms with Crippen molar-refractivity contribution in [1.29, 1.82) is 0 Å². The average molecular weight is 339 g/mol. The Morgan fingerprint density at radius 1 is 1.48 bits per heavy atom. The molecule has 0 aliphatic carbocycles. The zero-order valence-corrected chi connectivity index (χ0v) is 14.4. The van der Waals surface area contributed by atoms with Gasteiger partial charge in [0.15, 0.2) is 0 Å². The van der Waals surface area contributed by atoms with Crippen LogP contribution < -0.4 is 15.8 Å². The zero-order chi connectivity index (χ0) is 17.0. The second-order valence-electron chi connectivity index (χ2n) is 6.36. The van der Waals surface area contributed by atoms with Gasteiger partial charge in [0, 0.05) is 12.1 Å². The van der Waals surface area contributed by atoms with Gasteiger partial charge in [-0.1, -0.05) is 13.0 Å². The molecule has 2 unspecified atom stereocenters. The van der Waals surface area contributed by atoms with Crippen LogP contribution in [0.2, 0.25) is 0 Å². The van der Waals surface area contributed by atoms with Gasteiger partial charge < -0.3 is 10.6 Å². The molecule has 1 aromatic carbocycles. The number of sulfonamides is 1. The lowest BCUT2D eigenvalue weighted by Gasteiger charge is -2.28. The molecule has 1 saturated heterocycles. The van der Waals surface area contributed by atoms with Crippen LogP contribution in [0.25, 0.3) is 0 Å². The summed E-state index contributed by atoms with van der Waals surface area (Å²) in [6.45, 7) is 5.76. The molecule has 0 radical (unpaired) electrons. The number of nitrogens with two attached hydrogens (primary N) is 1. The highest BCUT2D eigenvalue weighted by Gasteiger charge is 2.22. The van der Waals surface area contributed by atoms with Gasteiger partial charge in [-0.2, -0.15) is 0 Å². The number of amides is 1. The summed E-state index contributed by atoms with van der Waals surface area (Å²) in [5.74, 6) is 0.686. The monoisotopic (exact) mass is 339 g/mol. The lowest BCUT2D eigenvalue weighted by Crippen LogP contribution is -2.34. The Morgan fingerprint density at radius 3 is 2.83 bits per heavy atom. The van der Waals surface area contributed by atoms with Gasteiger partial charge in [0.25, 0.3) is 0 Å². The highest BCUT2D eigenvalue weighted by Crippen LogP contribution is 2.24. The quantitative estimate of drug-likeness (QED) is 0.758. The molecule has 7 heteroatoms. The Hall–Kier alpha value is -1.44. The van der Waals surface area contributed by atoms with Crippen LogP contribution >= 0.6 is 0 Å². The number of carbonyl (C=O) groups excluding carboxylic acids is 1. The summed E-state index contributed by atoms with van der Waals surface area (Å²) < 4.78 is 23.1. The van der Waals surface area contributed by atoms with Gasteiger partial charge in [0.05, 0.1) is 4.90 Å². The minimum atomic E-state index is -3.79. The number of aryl methyl sites for hydroxylation is 1. The van der Waals surface area contributed by atoms with Gasteiger partial charge in [0.1, 0.15) is 0 Å². The molecule has 1 fully saturated rings. The van der Waals surface area contributed by atoms with E-state index >= 15 is 0 Å². The molecule has 0 spiro atoms. The summed E-state index contributed by atoms with van der Waals surface area (Å²) in [4.78, 5) is 12.2. The van der Waals surface area contributed by atoms with Gasteiger partial charge in [-0.25, -0.2) is 13.6 Å². The molecule has 1 aromatic rings. The lowest BCUT2D eigenvalue weighted by atomic mass is 9.85. The number of rotatable bonds is 5. The van der Waals surface area contributed by atoms with E-state index < -0.39 is 10.0 Å². The van der Waals surface area contributed by atoms with Crippen LogP contribution in [0, 0.1) is 18.8 Å². The number of primary sulfonamides is 1. The predicted molar refractivity (Wildman–Crippen MR) is 90.6 cm³/mol. The summed E-state index contributed by atoms with van der Waals surface area (Å²) in [5.41, 5.74) is 1.02. The van der Waals surface area contributed by atoms with E-state index in [9.17, 15) is 13.2 Å². The molecule has 2 atom stereocenters. The Bertz CT molecular complexity index is 667. The summed E-state index contributed by atoms with van der Waals surface area (Å²) in [5, 5.41) is 11.3. The number of nitrogens with one attached hydrogen (secondary N) is 2. The van der Waals surface area contributed by atoms with Crippen molar-refractivity contribution in [2.45, 2.75) is 38.0 Å². The molecular formula is C16H25N3O3S. The fourth-order valence-electron chi connectivity index (χ4n) is 3.02. The Balaban J connectivity index is 2.00. The van der Waals surface area contributed by atoms with E-state index in [0.29, 0.717) is 23.6 Å². The minimum Gasteiger partial charge on any atom is -0.326 e. The largest absolute Gasteiger partial charge is 0.326 e. The van der Waals surface area contributed by atoms with Crippen molar-refractivity contribution in [3.8, 4) is 0 Å². The third kappa shape index (κ3) is 5.02. The average Bonchev–Trinajstić information content (AvgIpc) is 2.49. The number of benzene rings is 1. The van der Waals surface area contributed by atoms with E-state index in [-0.39, 0.29) is 16.7 Å². The second-order valence-corrected chi connectivity index (χ2v) is 7.89. The molecule has 1 aliphatic rings. The van der Waals surface area contributed by atoms with Crippen LogP contribution in [0.1, 0.15) is 31.7 Å². The van der Waals surface area contributed by atoms with E-state index in [1.54, 1.807) is 19.1 Å². The van der Waals surface area contributed by atoms with E-state index in [2.05, 4.69) is 17.6 Å². The standard InChI is InChI=1S/C16H25N3O3S/c1-11-5-6-14(9-15(11)23(17,21)22)19-16(20)8-12(2)13-4-3-7-18-10-13/h5-6,9,12-13,18H,3-4,7-8,10H2,1-2H3,(H,19,20)(H2,17,21,22). The summed E-state index contributed by atoms with van der Waals surface area (Å²) >= 11 is 0. The minimum absolute atomic E-state index is 0.0415. The first-order valence-corrected chi connectivity index (χ1v) is 9.46. The summed E-state index contributed by atoms with van der Waals surface area (Å²) in [6.07, 6.45) is 2.71. The van der Waals surface area contributed by atoms with Crippen molar-refractivity contribution in [2.75, 3.05) is 18.4 Å². The van der Waals surface area contributed by atoms with Crippen LogP contribution in [-0.4, -0.2) is 27.4 Å². The lowest BCUT2D eigenvalue weighted by molar-refractivity contribution is -0.117. The zero-order valence-electron chi connectivity index (χ0n) is 13.6. The van der Waals surface area contributed by atoms with E-state index in [1.165, 1.54) is 6.07 Å². The van der Waals surface area contributed by atoms with Gasteiger partial charge in [-0.15, -0.1) is 0 Å². The summed E-state index contributed by atoms with van der Waals surface area (Å²) in [6, 6.07) is 4.74. The Morgan fingerprint density at radius 2 is 2.22 bits per heavy atom. The molecule has 1 amide bonds. The SMILES string of the molecule is Cc1ccc(NC(=O)CC(C)C2CCCNC2)cc1S(N)(=O)=O. The van der Waals surface area contributed by atoms with E-state index in [4.69, 9.17) is 5.14 Å². The van der Waals surface area contributed by atoms with Crippen molar-refractivity contribution in [3.05, 3.63) is 23.8 Å². The van der Waals surface area contributed by atoms with Crippen molar-refractivity contribution in [3.63, 3.8) is 0 Å². The number of anilines is 1. The first-order valence-electron chi connectivity index (χ1n) is 7.91. The molecule has 4 N–H and O–H groups in total. The Labute approximate surface area is 137 Å². The van der Waals surface area contributed by atoms with Crippen molar-refractivity contribution >= 4 is 21.6 Å². The smallest absolute Gasteiger partial charge is 0.238 e. The van der Waals surface area contributed by atoms with E-state index in [1.807, 2.05) is 0 Å². The molecule has 1 heterocycles. The van der Waals surface area contributed by atoms with Crippen LogP contribution in [0.15, 0.2) is 23.1 Å². The second kappa shape index (κ2) is 7.42. The molecule has 0 bridgehead atoms. The highest BCUT2D eigenvalue weighted by atomic mass is 32.2. The number of piperidine rings is 1. The van der Waals surface area contributed by atoms with E-state index in [0.717, 1.165) is 25.9 Å². The number of hydrogen-bond donors (Lipinski definition) is 3. The first kappa shape index (κ1) is 17.9. The molecule has 23 heavy (non-hydrogen) atoms. The van der Waals surface area contributed by atoms with Crippen molar-refractivity contribution in [1.82, 2.24) is 5.32 Å². The van der Waals surface area contributed by atoms with Crippen LogP contribution in [0.5, 0.6) is 0 Å². The molecule has 0 aromatic heterocycles. The molecule has 1 aliphatic heterocycles. The maximum Gasteiger partial charge on any atom is 0.238 e. The van der Waals surface area contributed by atoms with Gasteiger partial charge in [0.2, 0.25) is 15.9 Å². The van der Waals surface area contributed by atoms with Gasteiger partial charge in [-0.3, -0.25) is 4.79 Å². The third-order valence-corrected chi connectivity index (χ3v) is 5.48. The maximum absolute atomic E-state index is 12.2. The normalized spacial score (nSPS) is 20.0. The summed E-state index contributed by atoms with van der Waals surface area (Å²) in [7, 11) is -3.79. The van der Waals surface area contributed by atoms with Crippen LogP contribution in [0.4, 0.5) is 5.69 Å². The fraction of sp³-hybridized carbons (Fsp3) is 0.562. The molecule has 6 nitrogen and oxygen atoms in total. The number of carbonyl (C=O) groups is 1. The molecule has 2 rings (SSSR count). The molecule has 128 valence electrons. The van der Waals surface area contributed by atoms with Gasteiger partial charge in [-0.05, 0) is 62.4 Å². The van der Waals surface area contributed by atoms with Crippen LogP contribution in [-0.2, 0) is 14.8 Å². The van der Waals surface area contributed by atoms with Gasteiger partial charge >= 0.3 is 0 Å². The highest BCUT2D eigenvalue weighted by molar-refractivity contribution is 7.89.